The Balaban J connectivity index is 1.79. The maximum absolute atomic E-state index is 5.72. The highest BCUT2D eigenvalue weighted by molar-refractivity contribution is 4.94. The lowest BCUT2D eigenvalue weighted by Gasteiger charge is -2.40. The molecule has 0 radical (unpaired) electrons. The molecule has 0 bridgehead atoms. The molecule has 0 aromatic rings. The van der Waals surface area contributed by atoms with E-state index in [9.17, 15) is 0 Å². The van der Waals surface area contributed by atoms with Gasteiger partial charge in [0.15, 0.2) is 0 Å². The normalized spacial score (nSPS) is 30.0. The van der Waals surface area contributed by atoms with Gasteiger partial charge in [0.25, 0.3) is 0 Å². The standard InChI is InChI=1S/C15H30N2O/c1-4-5-14-10-16-15(13-6-7-13)11-17(14)8-9-18-12(2)3/h12-16H,4-11H2,1-3H3. The second-order valence-electron chi connectivity index (χ2n) is 6.21. The maximum Gasteiger partial charge on any atom is 0.0597 e. The Morgan fingerprint density at radius 2 is 2.11 bits per heavy atom. The minimum absolute atomic E-state index is 0.358. The van der Waals surface area contributed by atoms with Crippen LogP contribution in [0.25, 0.3) is 0 Å². The average molecular weight is 254 g/mol. The Labute approximate surface area is 112 Å². The minimum atomic E-state index is 0.358. The van der Waals surface area contributed by atoms with Crippen molar-refractivity contribution >= 4 is 0 Å². The van der Waals surface area contributed by atoms with Crippen LogP contribution in [0.5, 0.6) is 0 Å². The number of nitrogens with zero attached hydrogens (tertiary/aromatic N) is 1. The molecule has 1 aliphatic heterocycles. The van der Waals surface area contributed by atoms with Gasteiger partial charge in [-0.2, -0.15) is 0 Å². The number of rotatable bonds is 7. The number of hydrogen-bond donors (Lipinski definition) is 1. The molecule has 3 heteroatoms. The summed E-state index contributed by atoms with van der Waals surface area (Å²) in [5.41, 5.74) is 0. The molecular formula is C15H30N2O. The molecule has 2 rings (SSSR count). The van der Waals surface area contributed by atoms with Gasteiger partial charge >= 0.3 is 0 Å². The highest BCUT2D eigenvalue weighted by Crippen LogP contribution is 2.34. The lowest BCUT2D eigenvalue weighted by atomic mass is 10.0. The maximum atomic E-state index is 5.72. The van der Waals surface area contributed by atoms with Crippen molar-refractivity contribution in [1.29, 1.82) is 0 Å². The molecule has 0 amide bonds. The van der Waals surface area contributed by atoms with Gasteiger partial charge in [0, 0.05) is 31.7 Å². The van der Waals surface area contributed by atoms with Gasteiger partial charge in [-0.15, -0.1) is 0 Å². The molecule has 1 saturated carbocycles. The summed E-state index contributed by atoms with van der Waals surface area (Å²) in [5.74, 6) is 0.959. The van der Waals surface area contributed by atoms with E-state index in [2.05, 4.69) is 31.0 Å². The van der Waals surface area contributed by atoms with Crippen LogP contribution in [0.1, 0.15) is 46.5 Å². The number of piperazine rings is 1. The van der Waals surface area contributed by atoms with Gasteiger partial charge < -0.3 is 10.1 Å². The molecule has 1 aliphatic carbocycles. The third-order valence-corrected chi connectivity index (χ3v) is 4.21. The fraction of sp³-hybridized carbons (Fsp3) is 1.00. The third kappa shape index (κ3) is 4.22. The Bertz CT molecular complexity index is 241. The molecule has 0 aromatic heterocycles. The van der Waals surface area contributed by atoms with E-state index < -0.39 is 0 Å². The number of hydrogen-bond acceptors (Lipinski definition) is 3. The summed E-state index contributed by atoms with van der Waals surface area (Å²) >= 11 is 0. The molecule has 2 unspecified atom stereocenters. The summed E-state index contributed by atoms with van der Waals surface area (Å²) in [6.45, 7) is 10.9. The summed E-state index contributed by atoms with van der Waals surface area (Å²) in [6, 6.07) is 1.47. The van der Waals surface area contributed by atoms with Crippen LogP contribution in [0.4, 0.5) is 0 Å². The van der Waals surface area contributed by atoms with Crippen molar-refractivity contribution in [2.45, 2.75) is 64.6 Å². The second kappa shape index (κ2) is 6.88. The highest BCUT2D eigenvalue weighted by Gasteiger charge is 2.36. The first-order valence-electron chi connectivity index (χ1n) is 7.79. The van der Waals surface area contributed by atoms with Crippen molar-refractivity contribution in [3.05, 3.63) is 0 Å². The minimum Gasteiger partial charge on any atom is -0.377 e. The van der Waals surface area contributed by atoms with Crippen molar-refractivity contribution < 1.29 is 4.74 Å². The van der Waals surface area contributed by atoms with E-state index in [1.807, 2.05) is 0 Å². The Morgan fingerprint density at radius 3 is 2.72 bits per heavy atom. The van der Waals surface area contributed by atoms with E-state index >= 15 is 0 Å². The van der Waals surface area contributed by atoms with Gasteiger partial charge in [-0.1, -0.05) is 13.3 Å². The quantitative estimate of drug-likeness (QED) is 0.754. The molecule has 1 saturated heterocycles. The van der Waals surface area contributed by atoms with Gasteiger partial charge in [0.05, 0.1) is 12.7 Å². The van der Waals surface area contributed by atoms with Crippen LogP contribution >= 0.6 is 0 Å². The van der Waals surface area contributed by atoms with Crippen LogP contribution < -0.4 is 5.32 Å². The van der Waals surface area contributed by atoms with E-state index in [4.69, 9.17) is 4.74 Å². The zero-order valence-electron chi connectivity index (χ0n) is 12.3. The first-order valence-corrected chi connectivity index (χ1v) is 7.79. The van der Waals surface area contributed by atoms with Crippen molar-refractivity contribution in [2.75, 3.05) is 26.2 Å². The van der Waals surface area contributed by atoms with E-state index in [-0.39, 0.29) is 0 Å². The molecule has 2 aliphatic rings. The summed E-state index contributed by atoms with van der Waals surface area (Å²) in [6.07, 6.45) is 5.82. The lowest BCUT2D eigenvalue weighted by Crippen LogP contribution is -2.57. The molecule has 18 heavy (non-hydrogen) atoms. The fourth-order valence-electron chi connectivity index (χ4n) is 2.99. The SMILES string of the molecule is CCCC1CNC(C2CC2)CN1CCOC(C)C. The van der Waals surface area contributed by atoms with Crippen LogP contribution in [0, 0.1) is 5.92 Å². The Morgan fingerprint density at radius 1 is 1.33 bits per heavy atom. The molecule has 2 atom stereocenters. The monoisotopic (exact) mass is 254 g/mol. The number of ether oxygens (including phenoxy) is 1. The van der Waals surface area contributed by atoms with Crippen LogP contribution in [0.2, 0.25) is 0 Å². The lowest BCUT2D eigenvalue weighted by molar-refractivity contribution is 0.0330. The van der Waals surface area contributed by atoms with Crippen molar-refractivity contribution in [3.8, 4) is 0 Å². The van der Waals surface area contributed by atoms with Gasteiger partial charge in [0.2, 0.25) is 0 Å². The summed E-state index contributed by atoms with van der Waals surface area (Å²) < 4.78 is 5.72. The zero-order valence-corrected chi connectivity index (χ0v) is 12.3. The second-order valence-corrected chi connectivity index (χ2v) is 6.21. The topological polar surface area (TPSA) is 24.5 Å². The van der Waals surface area contributed by atoms with E-state index in [0.29, 0.717) is 6.10 Å². The van der Waals surface area contributed by atoms with E-state index in [1.165, 1.54) is 38.8 Å². The van der Waals surface area contributed by atoms with Crippen LogP contribution in [0.15, 0.2) is 0 Å². The van der Waals surface area contributed by atoms with Crippen LogP contribution in [0.3, 0.4) is 0 Å². The molecule has 0 spiro atoms. The Hall–Kier alpha value is -0.120. The summed E-state index contributed by atoms with van der Waals surface area (Å²) in [4.78, 5) is 2.67. The van der Waals surface area contributed by atoms with Crippen LogP contribution in [-0.4, -0.2) is 49.3 Å². The van der Waals surface area contributed by atoms with Gasteiger partial charge in [-0.3, -0.25) is 4.90 Å². The first kappa shape index (κ1) is 14.3. The largest absolute Gasteiger partial charge is 0.377 e. The molecule has 3 nitrogen and oxygen atoms in total. The van der Waals surface area contributed by atoms with Crippen LogP contribution in [-0.2, 0) is 4.74 Å². The smallest absolute Gasteiger partial charge is 0.0597 e. The molecule has 106 valence electrons. The fourth-order valence-corrected chi connectivity index (χ4v) is 2.99. The van der Waals surface area contributed by atoms with E-state index in [1.54, 1.807) is 0 Å². The van der Waals surface area contributed by atoms with Gasteiger partial charge in [0.1, 0.15) is 0 Å². The van der Waals surface area contributed by atoms with Crippen molar-refractivity contribution in [2.24, 2.45) is 5.92 Å². The van der Waals surface area contributed by atoms with E-state index in [0.717, 1.165) is 31.2 Å². The zero-order chi connectivity index (χ0) is 13.0. The summed E-state index contributed by atoms with van der Waals surface area (Å²) in [5, 5.41) is 3.76. The molecule has 2 fully saturated rings. The molecular weight excluding hydrogens is 224 g/mol. The van der Waals surface area contributed by atoms with Gasteiger partial charge in [-0.05, 0) is 39.0 Å². The highest BCUT2D eigenvalue weighted by atomic mass is 16.5. The predicted molar refractivity (Wildman–Crippen MR) is 75.9 cm³/mol. The number of nitrogens with one attached hydrogen (secondary N) is 1. The van der Waals surface area contributed by atoms with Crippen molar-refractivity contribution in [1.82, 2.24) is 10.2 Å². The Kier molecular flexibility index (Phi) is 5.46. The first-order chi connectivity index (χ1) is 8.70. The predicted octanol–water partition coefficient (Wildman–Crippen LogP) is 2.26. The average Bonchev–Trinajstić information content (AvgIpc) is 3.15. The third-order valence-electron chi connectivity index (χ3n) is 4.21. The molecule has 1 N–H and O–H groups in total. The molecule has 0 aromatic carbocycles. The summed E-state index contributed by atoms with van der Waals surface area (Å²) in [7, 11) is 0. The van der Waals surface area contributed by atoms with Gasteiger partial charge in [-0.25, -0.2) is 0 Å². The van der Waals surface area contributed by atoms with Crippen molar-refractivity contribution in [3.63, 3.8) is 0 Å². The molecule has 1 heterocycles.